The summed E-state index contributed by atoms with van der Waals surface area (Å²) >= 11 is 0. The van der Waals surface area contributed by atoms with Crippen LogP contribution in [0.1, 0.15) is 10.5 Å². The van der Waals surface area contributed by atoms with Crippen molar-refractivity contribution in [1.82, 2.24) is 10.3 Å². The summed E-state index contributed by atoms with van der Waals surface area (Å²) in [7, 11) is 3.00. The lowest BCUT2D eigenvalue weighted by Gasteiger charge is -2.05. The van der Waals surface area contributed by atoms with E-state index in [1.165, 1.54) is 20.3 Å². The third-order valence-corrected chi connectivity index (χ3v) is 2.94. The maximum atomic E-state index is 11.9. The van der Waals surface area contributed by atoms with Gasteiger partial charge in [-0.15, -0.1) is 0 Å². The molecular formula is C14H15N3O6. The van der Waals surface area contributed by atoms with Gasteiger partial charge < -0.3 is 24.9 Å². The first-order chi connectivity index (χ1) is 10.9. The fourth-order valence-corrected chi connectivity index (χ4v) is 1.96. The summed E-state index contributed by atoms with van der Waals surface area (Å²) < 4.78 is 15.2. The van der Waals surface area contributed by atoms with Crippen LogP contribution in [0, 0.1) is 0 Å². The lowest BCUT2D eigenvalue weighted by molar-refractivity contribution is -0.123. The smallest absolute Gasteiger partial charge is 0.355 e. The van der Waals surface area contributed by atoms with E-state index in [2.05, 4.69) is 4.98 Å². The zero-order valence-electron chi connectivity index (χ0n) is 12.5. The Labute approximate surface area is 130 Å². The van der Waals surface area contributed by atoms with Crippen LogP contribution in [0.2, 0.25) is 0 Å². The summed E-state index contributed by atoms with van der Waals surface area (Å²) in [6.07, 6.45) is 0. The molecule has 2 aromatic rings. The molecular weight excluding hydrogens is 306 g/mol. The van der Waals surface area contributed by atoms with Gasteiger partial charge in [0.15, 0.2) is 6.61 Å². The van der Waals surface area contributed by atoms with E-state index in [9.17, 15) is 14.4 Å². The van der Waals surface area contributed by atoms with Crippen LogP contribution in [0.5, 0.6) is 11.5 Å². The van der Waals surface area contributed by atoms with E-state index in [0.29, 0.717) is 22.4 Å². The van der Waals surface area contributed by atoms with Gasteiger partial charge in [-0.3, -0.25) is 10.1 Å². The van der Waals surface area contributed by atoms with Crippen LogP contribution in [0.15, 0.2) is 18.2 Å². The number of benzene rings is 1. The highest BCUT2D eigenvalue weighted by Gasteiger charge is 2.16. The molecule has 0 aliphatic carbocycles. The van der Waals surface area contributed by atoms with Gasteiger partial charge in [0.1, 0.15) is 17.2 Å². The van der Waals surface area contributed by atoms with Crippen LogP contribution >= 0.6 is 0 Å². The van der Waals surface area contributed by atoms with Crippen LogP contribution in [0.3, 0.4) is 0 Å². The fourth-order valence-electron chi connectivity index (χ4n) is 1.96. The number of hydrogen-bond acceptors (Lipinski definition) is 6. The van der Waals surface area contributed by atoms with Crippen molar-refractivity contribution in [2.75, 3.05) is 20.8 Å². The molecule has 1 aromatic carbocycles. The molecule has 2 rings (SSSR count). The number of aromatic nitrogens is 1. The molecule has 9 nitrogen and oxygen atoms in total. The number of nitrogens with two attached hydrogens (primary N) is 1. The maximum absolute atomic E-state index is 11.9. The van der Waals surface area contributed by atoms with Crippen LogP contribution in [0.25, 0.3) is 10.9 Å². The number of carbonyl (C=O) groups is 3. The molecule has 0 saturated carbocycles. The minimum absolute atomic E-state index is 0.124. The fraction of sp³-hybridized carbons (Fsp3) is 0.214. The van der Waals surface area contributed by atoms with Crippen molar-refractivity contribution in [3.05, 3.63) is 23.9 Å². The predicted molar refractivity (Wildman–Crippen MR) is 79.4 cm³/mol. The Kier molecular flexibility index (Phi) is 4.69. The van der Waals surface area contributed by atoms with Crippen molar-refractivity contribution in [3.8, 4) is 11.5 Å². The number of methoxy groups -OCH3 is 2. The van der Waals surface area contributed by atoms with Crippen LogP contribution < -0.4 is 20.5 Å². The average molecular weight is 321 g/mol. The summed E-state index contributed by atoms with van der Waals surface area (Å²) in [5.41, 5.74) is 5.49. The quantitative estimate of drug-likeness (QED) is 0.688. The number of aromatic amines is 1. The number of amides is 3. The van der Waals surface area contributed by atoms with E-state index in [0.717, 1.165) is 0 Å². The molecule has 0 aliphatic heterocycles. The lowest BCUT2D eigenvalue weighted by Crippen LogP contribution is -2.37. The second-order valence-electron chi connectivity index (χ2n) is 4.47. The third kappa shape index (κ3) is 3.70. The molecule has 1 heterocycles. The lowest BCUT2D eigenvalue weighted by atomic mass is 10.2. The SMILES string of the molecule is COc1cc(OC)c2[nH]c(C(=O)OCC(=O)NC(N)=O)cc2c1. The van der Waals surface area contributed by atoms with Crippen LogP contribution in [0.4, 0.5) is 4.79 Å². The highest BCUT2D eigenvalue weighted by molar-refractivity contribution is 5.99. The first-order valence-electron chi connectivity index (χ1n) is 6.45. The number of H-pyrrole nitrogens is 1. The molecule has 23 heavy (non-hydrogen) atoms. The van der Waals surface area contributed by atoms with E-state index in [4.69, 9.17) is 19.9 Å². The van der Waals surface area contributed by atoms with Crippen LogP contribution in [-0.4, -0.2) is 43.7 Å². The molecule has 0 saturated heterocycles. The number of ether oxygens (including phenoxy) is 3. The van der Waals surface area contributed by atoms with Gasteiger partial charge in [-0.1, -0.05) is 0 Å². The van der Waals surface area contributed by atoms with E-state index in [1.54, 1.807) is 17.4 Å². The van der Waals surface area contributed by atoms with E-state index < -0.39 is 24.5 Å². The molecule has 122 valence electrons. The number of imide groups is 1. The van der Waals surface area contributed by atoms with E-state index in [-0.39, 0.29) is 5.69 Å². The minimum Gasteiger partial charge on any atom is -0.497 e. The zero-order valence-corrected chi connectivity index (χ0v) is 12.5. The number of urea groups is 1. The molecule has 4 N–H and O–H groups in total. The summed E-state index contributed by atoms with van der Waals surface area (Å²) in [6, 6.07) is 3.89. The second kappa shape index (κ2) is 6.69. The Hall–Kier alpha value is -3.23. The average Bonchev–Trinajstić information content (AvgIpc) is 2.94. The molecule has 0 aliphatic rings. The normalized spacial score (nSPS) is 10.2. The zero-order chi connectivity index (χ0) is 17.0. The number of carbonyl (C=O) groups excluding carboxylic acids is 3. The van der Waals surface area contributed by atoms with E-state index >= 15 is 0 Å². The standard InChI is InChI=1S/C14H15N3O6/c1-21-8-3-7-4-9(16-12(7)10(5-8)22-2)13(19)23-6-11(18)17-14(15)20/h3-5,16H,6H2,1-2H3,(H3,15,17,18,20). The predicted octanol–water partition coefficient (Wildman–Crippen LogP) is 0.537. The Bertz CT molecular complexity index is 767. The molecule has 3 amide bonds. The highest BCUT2D eigenvalue weighted by Crippen LogP contribution is 2.31. The summed E-state index contributed by atoms with van der Waals surface area (Å²) in [6.45, 7) is -0.627. The van der Waals surface area contributed by atoms with E-state index in [1.807, 2.05) is 0 Å². The molecule has 0 atom stereocenters. The first kappa shape index (κ1) is 16.1. The number of hydrogen-bond donors (Lipinski definition) is 3. The van der Waals surface area contributed by atoms with Gasteiger partial charge in [-0.05, 0) is 12.1 Å². The van der Waals surface area contributed by atoms with Gasteiger partial charge in [0.25, 0.3) is 5.91 Å². The Morgan fingerprint density at radius 2 is 1.91 bits per heavy atom. The number of fused-ring (bicyclic) bond motifs is 1. The maximum Gasteiger partial charge on any atom is 0.355 e. The minimum atomic E-state index is -1.02. The Morgan fingerprint density at radius 1 is 1.17 bits per heavy atom. The Balaban J connectivity index is 2.18. The van der Waals surface area contributed by atoms with Gasteiger partial charge in [-0.25, -0.2) is 9.59 Å². The van der Waals surface area contributed by atoms with Gasteiger partial charge in [0.2, 0.25) is 0 Å². The topological polar surface area (TPSA) is 133 Å². The second-order valence-corrected chi connectivity index (χ2v) is 4.47. The molecule has 9 heteroatoms. The first-order valence-corrected chi connectivity index (χ1v) is 6.45. The highest BCUT2D eigenvalue weighted by atomic mass is 16.5. The van der Waals surface area contributed by atoms with Gasteiger partial charge in [-0.2, -0.15) is 0 Å². The van der Waals surface area contributed by atoms with Crippen molar-refractivity contribution in [2.45, 2.75) is 0 Å². The molecule has 0 bridgehead atoms. The molecule has 1 aromatic heterocycles. The third-order valence-electron chi connectivity index (χ3n) is 2.94. The number of nitrogens with one attached hydrogen (secondary N) is 2. The summed E-state index contributed by atoms with van der Waals surface area (Å²) in [5, 5.41) is 2.46. The van der Waals surface area contributed by atoms with Crippen molar-refractivity contribution < 1.29 is 28.6 Å². The largest absolute Gasteiger partial charge is 0.497 e. The number of esters is 1. The molecule has 0 radical (unpaired) electrons. The van der Waals surface area contributed by atoms with Gasteiger partial charge in [0, 0.05) is 11.5 Å². The van der Waals surface area contributed by atoms with Crippen molar-refractivity contribution in [2.24, 2.45) is 5.73 Å². The molecule has 0 spiro atoms. The van der Waals surface area contributed by atoms with Gasteiger partial charge >= 0.3 is 12.0 Å². The van der Waals surface area contributed by atoms with Crippen LogP contribution in [-0.2, 0) is 9.53 Å². The Morgan fingerprint density at radius 3 is 2.52 bits per heavy atom. The van der Waals surface area contributed by atoms with Crippen molar-refractivity contribution >= 4 is 28.8 Å². The van der Waals surface area contributed by atoms with Crippen molar-refractivity contribution in [3.63, 3.8) is 0 Å². The summed E-state index contributed by atoms with van der Waals surface area (Å²) in [5.74, 6) is -0.526. The molecule has 0 unspecified atom stereocenters. The monoisotopic (exact) mass is 321 g/mol. The summed E-state index contributed by atoms with van der Waals surface area (Å²) in [4.78, 5) is 36.5. The molecule has 0 fully saturated rings. The number of primary amides is 1. The van der Waals surface area contributed by atoms with Crippen molar-refractivity contribution in [1.29, 1.82) is 0 Å². The van der Waals surface area contributed by atoms with Gasteiger partial charge in [0.05, 0.1) is 19.7 Å². The number of rotatable bonds is 5.